The normalized spacial score (nSPS) is 12.5. The van der Waals surface area contributed by atoms with E-state index in [2.05, 4.69) is 60.2 Å². The van der Waals surface area contributed by atoms with Crippen molar-refractivity contribution in [1.29, 1.82) is 0 Å². The summed E-state index contributed by atoms with van der Waals surface area (Å²) in [7, 11) is 4.07. The van der Waals surface area contributed by atoms with Gasteiger partial charge >= 0.3 is 0 Å². The third-order valence-electron chi connectivity index (χ3n) is 4.71. The second-order valence-electron chi connectivity index (χ2n) is 7.70. The van der Waals surface area contributed by atoms with Crippen molar-refractivity contribution in [3.63, 3.8) is 0 Å². The fourth-order valence-electron chi connectivity index (χ4n) is 3.52. The molecule has 1 N–H and O–H groups in total. The van der Waals surface area contributed by atoms with Crippen molar-refractivity contribution in [2.75, 3.05) is 26.0 Å². The van der Waals surface area contributed by atoms with Crippen LogP contribution in [0.4, 0.5) is 11.5 Å². The largest absolute Gasteiger partial charge is 0.488 e. The van der Waals surface area contributed by atoms with Crippen LogP contribution in [0.25, 0.3) is 21.8 Å². The Morgan fingerprint density at radius 2 is 1.90 bits per heavy atom. The zero-order chi connectivity index (χ0) is 21.3. The molecule has 0 aliphatic carbocycles. The lowest BCUT2D eigenvalue weighted by Gasteiger charge is -2.20. The summed E-state index contributed by atoms with van der Waals surface area (Å²) in [6.07, 6.45) is 1.58. The van der Waals surface area contributed by atoms with E-state index in [1.54, 1.807) is 6.33 Å². The zero-order valence-electron chi connectivity index (χ0n) is 17.5. The second-order valence-corrected chi connectivity index (χ2v) is 8.61. The first-order valence-corrected chi connectivity index (χ1v) is 10.6. The van der Waals surface area contributed by atoms with Crippen molar-refractivity contribution in [2.45, 2.75) is 20.0 Å². The number of fused-ring (bicyclic) bond motifs is 2. The Balaban J connectivity index is 1.74. The molecule has 0 bridgehead atoms. The average Bonchev–Trinajstić information content (AvgIpc) is 2.67. The highest BCUT2D eigenvalue weighted by Crippen LogP contribution is 2.35. The van der Waals surface area contributed by atoms with E-state index in [1.165, 1.54) is 0 Å². The molecule has 6 nitrogen and oxygen atoms in total. The van der Waals surface area contributed by atoms with E-state index in [9.17, 15) is 0 Å². The molecule has 0 spiro atoms. The minimum absolute atomic E-state index is 0.0144. The van der Waals surface area contributed by atoms with Gasteiger partial charge in [0, 0.05) is 27.8 Å². The Morgan fingerprint density at radius 3 is 2.70 bits per heavy atom. The Kier molecular flexibility index (Phi) is 5.83. The van der Waals surface area contributed by atoms with Crippen LogP contribution in [0.2, 0.25) is 0 Å². The van der Waals surface area contributed by atoms with Crippen LogP contribution in [0.3, 0.4) is 0 Å². The predicted molar refractivity (Wildman–Crippen MR) is 126 cm³/mol. The number of hydrogen-bond acceptors (Lipinski definition) is 6. The van der Waals surface area contributed by atoms with Gasteiger partial charge in [-0.15, -0.1) is 0 Å². The molecule has 2 aromatic carbocycles. The van der Waals surface area contributed by atoms with E-state index < -0.39 is 0 Å². The van der Waals surface area contributed by atoms with E-state index >= 15 is 0 Å². The highest BCUT2D eigenvalue weighted by molar-refractivity contribution is 9.10. The van der Waals surface area contributed by atoms with Gasteiger partial charge in [0.25, 0.3) is 0 Å². The number of aromatic nitrogens is 3. The summed E-state index contributed by atoms with van der Waals surface area (Å²) in [6, 6.07) is 14.1. The molecule has 1 unspecified atom stereocenters. The number of anilines is 2. The zero-order valence-corrected chi connectivity index (χ0v) is 19.1. The molecule has 1 atom stereocenters. The van der Waals surface area contributed by atoms with Crippen molar-refractivity contribution in [3.05, 3.63) is 59.0 Å². The van der Waals surface area contributed by atoms with Crippen LogP contribution in [-0.4, -0.2) is 46.6 Å². The molecular weight excluding hydrogens is 442 g/mol. The first kappa shape index (κ1) is 20.5. The molecule has 2 aromatic heterocycles. The summed E-state index contributed by atoms with van der Waals surface area (Å²) >= 11 is 3.57. The van der Waals surface area contributed by atoms with Crippen molar-refractivity contribution in [1.82, 2.24) is 19.9 Å². The van der Waals surface area contributed by atoms with Gasteiger partial charge in [-0.1, -0.05) is 22.0 Å². The molecule has 0 aliphatic heterocycles. The van der Waals surface area contributed by atoms with Crippen molar-refractivity contribution in [2.24, 2.45) is 0 Å². The Bertz CT molecular complexity index is 1210. The fourth-order valence-corrected chi connectivity index (χ4v) is 3.94. The molecular formula is C23H24BrN5O. The number of nitrogens with one attached hydrogen (secondary N) is 1. The highest BCUT2D eigenvalue weighted by Gasteiger charge is 2.15. The van der Waals surface area contributed by atoms with Crippen LogP contribution in [0.1, 0.15) is 12.6 Å². The molecule has 154 valence electrons. The van der Waals surface area contributed by atoms with Crippen LogP contribution in [0.5, 0.6) is 5.75 Å². The topological polar surface area (TPSA) is 63.2 Å². The summed E-state index contributed by atoms with van der Waals surface area (Å²) in [5.74, 6) is 1.45. The van der Waals surface area contributed by atoms with E-state index in [0.717, 1.165) is 50.0 Å². The smallest absolute Gasteiger partial charge is 0.145 e. The molecule has 0 amide bonds. The number of hydrogen-bond donors (Lipinski definition) is 1. The van der Waals surface area contributed by atoms with E-state index in [-0.39, 0.29) is 6.10 Å². The lowest BCUT2D eigenvalue weighted by molar-refractivity contribution is 0.179. The Morgan fingerprint density at radius 1 is 1.07 bits per heavy atom. The number of benzene rings is 2. The van der Waals surface area contributed by atoms with Crippen LogP contribution in [0.15, 0.2) is 53.3 Å². The SMILES string of the molecule is Cc1ccc2cc(Nc3ncnc4cc(Br)cc(OC(C)CN(C)C)c34)ccc2n1. The Hall–Kier alpha value is -2.77. The lowest BCUT2D eigenvalue weighted by Crippen LogP contribution is -2.28. The number of ether oxygens (including phenoxy) is 1. The third-order valence-corrected chi connectivity index (χ3v) is 5.17. The van der Waals surface area contributed by atoms with Gasteiger partial charge in [0.15, 0.2) is 0 Å². The standard InChI is InChI=1S/C23H24BrN5O/c1-14-5-6-16-9-18(7-8-19(16)27-14)28-23-22-20(25-13-26-23)10-17(24)11-21(22)30-15(2)12-29(3)4/h5-11,13,15H,12H2,1-4H3,(H,25,26,28). The highest BCUT2D eigenvalue weighted by atomic mass is 79.9. The van der Waals surface area contributed by atoms with Gasteiger partial charge in [-0.25, -0.2) is 9.97 Å². The minimum Gasteiger partial charge on any atom is -0.488 e. The summed E-state index contributed by atoms with van der Waals surface area (Å²) < 4.78 is 7.19. The first-order valence-electron chi connectivity index (χ1n) is 9.79. The summed E-state index contributed by atoms with van der Waals surface area (Å²) in [6.45, 7) is 4.86. The van der Waals surface area contributed by atoms with Gasteiger partial charge in [0.2, 0.25) is 0 Å². The number of nitrogens with zero attached hydrogens (tertiary/aromatic N) is 4. The van der Waals surface area contributed by atoms with E-state index in [1.807, 2.05) is 51.4 Å². The van der Waals surface area contributed by atoms with E-state index in [0.29, 0.717) is 5.82 Å². The molecule has 30 heavy (non-hydrogen) atoms. The fraction of sp³-hybridized carbons (Fsp3) is 0.261. The third kappa shape index (κ3) is 4.52. The maximum atomic E-state index is 6.28. The van der Waals surface area contributed by atoms with Gasteiger partial charge in [-0.3, -0.25) is 4.98 Å². The summed E-state index contributed by atoms with van der Waals surface area (Å²) in [5, 5.41) is 5.37. The van der Waals surface area contributed by atoms with E-state index in [4.69, 9.17) is 4.74 Å². The minimum atomic E-state index is 0.0144. The number of aryl methyl sites for hydroxylation is 1. The van der Waals surface area contributed by atoms with Gasteiger partial charge in [0.1, 0.15) is 24.0 Å². The van der Waals surface area contributed by atoms with Gasteiger partial charge < -0.3 is 15.0 Å². The molecule has 0 saturated carbocycles. The maximum absolute atomic E-state index is 6.28. The molecule has 2 heterocycles. The number of halogens is 1. The van der Waals surface area contributed by atoms with Crippen molar-refractivity contribution >= 4 is 49.2 Å². The average molecular weight is 466 g/mol. The van der Waals surface area contributed by atoms with Gasteiger partial charge in [0.05, 0.1) is 16.4 Å². The van der Waals surface area contributed by atoms with Crippen LogP contribution in [-0.2, 0) is 0 Å². The molecule has 0 saturated heterocycles. The van der Waals surface area contributed by atoms with Gasteiger partial charge in [-0.05, 0) is 64.3 Å². The predicted octanol–water partition coefficient (Wildman–Crippen LogP) is 5.32. The molecule has 0 aliphatic rings. The molecule has 0 fully saturated rings. The summed E-state index contributed by atoms with van der Waals surface area (Å²) in [5.41, 5.74) is 3.72. The number of likely N-dealkylation sites (N-methyl/N-ethyl adjacent to an activating group) is 1. The van der Waals surface area contributed by atoms with Gasteiger partial charge in [-0.2, -0.15) is 0 Å². The first-order chi connectivity index (χ1) is 14.4. The number of pyridine rings is 1. The van der Waals surface area contributed by atoms with Crippen LogP contribution >= 0.6 is 15.9 Å². The van der Waals surface area contributed by atoms with Crippen LogP contribution in [0, 0.1) is 6.92 Å². The second kappa shape index (κ2) is 8.53. The van der Waals surface area contributed by atoms with Crippen molar-refractivity contribution < 1.29 is 4.74 Å². The number of rotatable bonds is 6. The molecule has 0 radical (unpaired) electrons. The lowest BCUT2D eigenvalue weighted by atomic mass is 10.1. The maximum Gasteiger partial charge on any atom is 0.145 e. The molecule has 4 rings (SSSR count). The molecule has 4 aromatic rings. The monoisotopic (exact) mass is 465 g/mol. The van der Waals surface area contributed by atoms with Crippen molar-refractivity contribution in [3.8, 4) is 5.75 Å². The Labute approximate surface area is 184 Å². The molecule has 7 heteroatoms. The quantitative estimate of drug-likeness (QED) is 0.415. The van der Waals surface area contributed by atoms with Crippen LogP contribution < -0.4 is 10.1 Å². The summed E-state index contributed by atoms with van der Waals surface area (Å²) in [4.78, 5) is 15.6.